The summed E-state index contributed by atoms with van der Waals surface area (Å²) in [5, 5.41) is 10.2. The number of aromatic nitrogens is 2. The number of rotatable bonds is 6. The van der Waals surface area contributed by atoms with Gasteiger partial charge >= 0.3 is 0 Å². The van der Waals surface area contributed by atoms with Crippen LogP contribution in [-0.2, 0) is 18.3 Å². The van der Waals surface area contributed by atoms with E-state index in [2.05, 4.69) is 15.7 Å². The third kappa shape index (κ3) is 4.51. The monoisotopic (exact) mass is 272 g/mol. The first-order valence-electron chi connectivity index (χ1n) is 6.69. The van der Waals surface area contributed by atoms with Gasteiger partial charge in [0.05, 0.1) is 12.2 Å². The van der Waals surface area contributed by atoms with Crippen molar-refractivity contribution in [3.8, 4) is 0 Å². The number of benzene rings is 1. The smallest absolute Gasteiger partial charge is 0.238 e. The number of anilines is 1. The molecule has 0 saturated heterocycles. The predicted octanol–water partition coefficient (Wildman–Crippen LogP) is 1.50. The maximum Gasteiger partial charge on any atom is 0.238 e. The summed E-state index contributed by atoms with van der Waals surface area (Å²) in [5.74, 6) is -0.0325. The van der Waals surface area contributed by atoms with E-state index in [9.17, 15) is 4.79 Å². The van der Waals surface area contributed by atoms with E-state index in [1.165, 1.54) is 5.56 Å². The summed E-state index contributed by atoms with van der Waals surface area (Å²) >= 11 is 0. The Hall–Kier alpha value is -2.14. The zero-order chi connectivity index (χ0) is 14.4. The molecule has 5 heteroatoms. The predicted molar refractivity (Wildman–Crippen MR) is 79.6 cm³/mol. The number of hydrogen-bond acceptors (Lipinski definition) is 3. The molecule has 0 aliphatic carbocycles. The average molecular weight is 272 g/mol. The maximum absolute atomic E-state index is 11.7. The molecule has 0 bridgehead atoms. The molecule has 1 aromatic carbocycles. The van der Waals surface area contributed by atoms with Gasteiger partial charge in [0.2, 0.25) is 5.91 Å². The van der Waals surface area contributed by atoms with Gasteiger partial charge in [-0.05, 0) is 25.1 Å². The number of nitrogens with zero attached hydrogens (tertiary/aromatic N) is 2. The molecule has 0 saturated carbocycles. The standard InChI is InChI=1S/C15H20N4O/c1-12-3-5-13(6-4-12)17-15(20)11-16-9-7-14-8-10-19(2)18-14/h3-6,8,10,16H,7,9,11H2,1-2H3,(H,17,20). The van der Waals surface area contributed by atoms with Crippen molar-refractivity contribution in [2.24, 2.45) is 7.05 Å². The van der Waals surface area contributed by atoms with Gasteiger partial charge in [0.25, 0.3) is 0 Å². The topological polar surface area (TPSA) is 59.0 Å². The fourth-order valence-electron chi connectivity index (χ4n) is 1.86. The number of carbonyl (C=O) groups excluding carboxylic acids is 1. The van der Waals surface area contributed by atoms with Gasteiger partial charge in [0, 0.05) is 31.9 Å². The molecule has 5 nitrogen and oxygen atoms in total. The van der Waals surface area contributed by atoms with Crippen LogP contribution in [0.5, 0.6) is 0 Å². The lowest BCUT2D eigenvalue weighted by Gasteiger charge is -2.06. The zero-order valence-corrected chi connectivity index (χ0v) is 11.9. The molecule has 2 aromatic rings. The average Bonchev–Trinajstić information content (AvgIpc) is 2.83. The van der Waals surface area contributed by atoms with Crippen molar-refractivity contribution in [1.29, 1.82) is 0 Å². The van der Waals surface area contributed by atoms with Crippen LogP contribution in [0.3, 0.4) is 0 Å². The molecule has 0 radical (unpaired) electrons. The van der Waals surface area contributed by atoms with E-state index in [1.54, 1.807) is 4.68 Å². The summed E-state index contributed by atoms with van der Waals surface area (Å²) in [4.78, 5) is 11.7. The molecular formula is C15H20N4O. The van der Waals surface area contributed by atoms with Crippen LogP contribution in [0.15, 0.2) is 36.5 Å². The fraction of sp³-hybridized carbons (Fsp3) is 0.333. The largest absolute Gasteiger partial charge is 0.325 e. The number of aryl methyl sites for hydroxylation is 2. The lowest BCUT2D eigenvalue weighted by Crippen LogP contribution is -2.29. The number of amides is 1. The molecule has 0 atom stereocenters. The van der Waals surface area contributed by atoms with Crippen LogP contribution in [0.25, 0.3) is 0 Å². The van der Waals surface area contributed by atoms with Crippen LogP contribution < -0.4 is 10.6 Å². The lowest BCUT2D eigenvalue weighted by atomic mass is 10.2. The highest BCUT2D eigenvalue weighted by molar-refractivity contribution is 5.92. The molecule has 2 rings (SSSR count). The highest BCUT2D eigenvalue weighted by Gasteiger charge is 2.02. The van der Waals surface area contributed by atoms with E-state index in [0.717, 1.165) is 24.3 Å². The Bertz CT molecular complexity index is 560. The van der Waals surface area contributed by atoms with Gasteiger partial charge in [-0.3, -0.25) is 9.48 Å². The summed E-state index contributed by atoms with van der Waals surface area (Å²) < 4.78 is 1.78. The van der Waals surface area contributed by atoms with Crippen molar-refractivity contribution in [2.45, 2.75) is 13.3 Å². The van der Waals surface area contributed by atoms with Crippen molar-refractivity contribution in [3.63, 3.8) is 0 Å². The van der Waals surface area contributed by atoms with Crippen LogP contribution in [0.4, 0.5) is 5.69 Å². The molecule has 1 amide bonds. The van der Waals surface area contributed by atoms with E-state index < -0.39 is 0 Å². The second-order valence-electron chi connectivity index (χ2n) is 4.82. The van der Waals surface area contributed by atoms with Gasteiger partial charge in [-0.15, -0.1) is 0 Å². The highest BCUT2D eigenvalue weighted by Crippen LogP contribution is 2.07. The molecule has 0 spiro atoms. The minimum atomic E-state index is -0.0325. The van der Waals surface area contributed by atoms with Crippen molar-refractivity contribution < 1.29 is 4.79 Å². The molecular weight excluding hydrogens is 252 g/mol. The molecule has 106 valence electrons. The third-order valence-corrected chi connectivity index (χ3v) is 2.95. The summed E-state index contributed by atoms with van der Waals surface area (Å²) in [5.41, 5.74) is 3.03. The Kier molecular flexibility index (Phi) is 4.90. The Morgan fingerprint density at radius 2 is 2.00 bits per heavy atom. The SMILES string of the molecule is Cc1ccc(NC(=O)CNCCc2ccn(C)n2)cc1. The van der Waals surface area contributed by atoms with Crippen LogP contribution in [0.1, 0.15) is 11.3 Å². The van der Waals surface area contributed by atoms with Crippen LogP contribution >= 0.6 is 0 Å². The number of hydrogen-bond donors (Lipinski definition) is 2. The Morgan fingerprint density at radius 3 is 2.65 bits per heavy atom. The minimum absolute atomic E-state index is 0.0325. The van der Waals surface area contributed by atoms with Crippen LogP contribution in [0.2, 0.25) is 0 Å². The Balaban J connectivity index is 1.66. The van der Waals surface area contributed by atoms with Gasteiger partial charge in [0.1, 0.15) is 0 Å². The lowest BCUT2D eigenvalue weighted by molar-refractivity contribution is -0.115. The Labute approximate surface area is 119 Å². The molecule has 0 unspecified atom stereocenters. The molecule has 0 aliphatic rings. The first kappa shape index (κ1) is 14.3. The first-order valence-corrected chi connectivity index (χ1v) is 6.69. The molecule has 0 aliphatic heterocycles. The van der Waals surface area contributed by atoms with E-state index in [1.807, 2.05) is 50.5 Å². The summed E-state index contributed by atoms with van der Waals surface area (Å²) in [6.07, 6.45) is 2.73. The van der Waals surface area contributed by atoms with E-state index >= 15 is 0 Å². The number of carbonyl (C=O) groups is 1. The maximum atomic E-state index is 11.7. The van der Waals surface area contributed by atoms with Crippen LogP contribution in [0, 0.1) is 6.92 Å². The first-order chi connectivity index (χ1) is 9.63. The number of nitrogens with one attached hydrogen (secondary N) is 2. The van der Waals surface area contributed by atoms with E-state index in [4.69, 9.17) is 0 Å². The van der Waals surface area contributed by atoms with Gasteiger partial charge < -0.3 is 10.6 Å². The molecule has 1 aromatic heterocycles. The summed E-state index contributed by atoms with van der Waals surface area (Å²) in [6.45, 7) is 3.06. The molecule has 0 fully saturated rings. The third-order valence-electron chi connectivity index (χ3n) is 2.95. The zero-order valence-electron chi connectivity index (χ0n) is 11.9. The molecule has 20 heavy (non-hydrogen) atoms. The highest BCUT2D eigenvalue weighted by atomic mass is 16.1. The molecule has 2 N–H and O–H groups in total. The summed E-state index contributed by atoms with van der Waals surface area (Å²) in [7, 11) is 1.89. The second-order valence-corrected chi connectivity index (χ2v) is 4.82. The fourth-order valence-corrected chi connectivity index (χ4v) is 1.86. The normalized spacial score (nSPS) is 10.5. The molecule has 1 heterocycles. The Morgan fingerprint density at radius 1 is 1.25 bits per heavy atom. The minimum Gasteiger partial charge on any atom is -0.325 e. The van der Waals surface area contributed by atoms with Crippen molar-refractivity contribution in [1.82, 2.24) is 15.1 Å². The van der Waals surface area contributed by atoms with Crippen LogP contribution in [-0.4, -0.2) is 28.8 Å². The van der Waals surface area contributed by atoms with Crippen molar-refractivity contribution in [2.75, 3.05) is 18.4 Å². The van der Waals surface area contributed by atoms with Gasteiger partial charge in [0.15, 0.2) is 0 Å². The van der Waals surface area contributed by atoms with E-state index in [0.29, 0.717) is 6.54 Å². The summed E-state index contributed by atoms with van der Waals surface area (Å²) in [6, 6.07) is 9.74. The van der Waals surface area contributed by atoms with Crippen molar-refractivity contribution >= 4 is 11.6 Å². The second kappa shape index (κ2) is 6.86. The van der Waals surface area contributed by atoms with Gasteiger partial charge in [-0.2, -0.15) is 5.10 Å². The quantitative estimate of drug-likeness (QED) is 0.783. The van der Waals surface area contributed by atoms with Crippen molar-refractivity contribution in [3.05, 3.63) is 47.8 Å². The van der Waals surface area contributed by atoms with E-state index in [-0.39, 0.29) is 5.91 Å². The van der Waals surface area contributed by atoms with Gasteiger partial charge in [-0.25, -0.2) is 0 Å². The van der Waals surface area contributed by atoms with Gasteiger partial charge in [-0.1, -0.05) is 17.7 Å².